The molecule has 4 rings (SSSR count). The summed E-state index contributed by atoms with van der Waals surface area (Å²) in [5, 5.41) is 0. The monoisotopic (exact) mass is 335 g/mol. The fourth-order valence-corrected chi connectivity index (χ4v) is 4.45. The fourth-order valence-electron chi connectivity index (χ4n) is 4.45. The van der Waals surface area contributed by atoms with Crippen molar-refractivity contribution in [3.63, 3.8) is 0 Å². The zero-order valence-electron chi connectivity index (χ0n) is 14.1. The number of carbonyl (C=O) groups excluding carboxylic acids is 2. The predicted octanol–water partition coefficient (Wildman–Crippen LogP) is 1.29. The lowest BCUT2D eigenvalue weighted by Crippen LogP contribution is -2.40. The Morgan fingerprint density at radius 2 is 2.38 bits per heavy atom. The van der Waals surface area contributed by atoms with Crippen LogP contribution in [0.1, 0.15) is 32.6 Å². The van der Waals surface area contributed by atoms with Crippen molar-refractivity contribution in [3.8, 4) is 0 Å². The second kappa shape index (κ2) is 6.15. The Morgan fingerprint density at radius 3 is 3.12 bits per heavy atom. The molecule has 0 aliphatic carbocycles. The van der Waals surface area contributed by atoms with E-state index in [0.717, 1.165) is 32.3 Å². The third kappa shape index (κ3) is 2.47. The van der Waals surface area contributed by atoms with E-state index in [1.165, 1.54) is 0 Å². The van der Waals surface area contributed by atoms with Crippen LogP contribution in [0.4, 0.5) is 0 Å². The Balaban J connectivity index is 1.48. The largest absolute Gasteiger partial charge is 0.465 e. The molecule has 0 saturated carbocycles. The molecule has 1 amide bonds. The van der Waals surface area contributed by atoms with Crippen LogP contribution >= 0.6 is 0 Å². The molecule has 1 spiro atoms. The minimum atomic E-state index is -0.644. The molecular weight excluding hydrogens is 310 g/mol. The van der Waals surface area contributed by atoms with Crippen molar-refractivity contribution in [1.82, 2.24) is 4.90 Å². The standard InChI is InChI=1S/C18H25NO5/c1-2-3-8-23-17(21)14-13-6-7-18(24-13)11-19(16(20)15(14)18)10-12-5-4-9-22-12/h6-7,12-15H,2-5,8-11H2,1H3/t12-,13+,14+,15-,18+/m0/s1. The van der Waals surface area contributed by atoms with Crippen LogP contribution in [-0.2, 0) is 23.8 Å². The average molecular weight is 335 g/mol. The molecule has 0 aromatic rings. The van der Waals surface area contributed by atoms with E-state index in [2.05, 4.69) is 6.92 Å². The second-order valence-corrected chi connectivity index (χ2v) is 7.27. The maximum atomic E-state index is 13.0. The van der Waals surface area contributed by atoms with Crippen molar-refractivity contribution < 1.29 is 23.8 Å². The minimum absolute atomic E-state index is 0.00907. The first-order valence-electron chi connectivity index (χ1n) is 9.09. The van der Waals surface area contributed by atoms with Gasteiger partial charge in [-0.15, -0.1) is 0 Å². The molecule has 0 aromatic heterocycles. The molecule has 6 heteroatoms. The van der Waals surface area contributed by atoms with Gasteiger partial charge in [-0.1, -0.05) is 25.5 Å². The summed E-state index contributed by atoms with van der Waals surface area (Å²) in [7, 11) is 0. The number of hydrogen-bond acceptors (Lipinski definition) is 5. The molecule has 0 radical (unpaired) electrons. The first-order valence-corrected chi connectivity index (χ1v) is 9.09. The Bertz CT molecular complexity index is 556. The van der Waals surface area contributed by atoms with Gasteiger partial charge in [-0.3, -0.25) is 9.59 Å². The van der Waals surface area contributed by atoms with Crippen LogP contribution in [0.15, 0.2) is 12.2 Å². The van der Waals surface area contributed by atoms with E-state index in [1.54, 1.807) is 0 Å². The number of unbranched alkanes of at least 4 members (excludes halogenated alkanes) is 1. The first kappa shape index (κ1) is 16.1. The molecule has 4 aliphatic rings. The molecule has 0 N–H and O–H groups in total. The fraction of sp³-hybridized carbons (Fsp3) is 0.778. The van der Waals surface area contributed by atoms with Crippen LogP contribution in [0.3, 0.4) is 0 Å². The van der Waals surface area contributed by atoms with Crippen molar-refractivity contribution in [2.75, 3.05) is 26.3 Å². The molecule has 6 nitrogen and oxygen atoms in total. The number of esters is 1. The van der Waals surface area contributed by atoms with Crippen LogP contribution in [0.25, 0.3) is 0 Å². The molecule has 0 unspecified atom stereocenters. The lowest BCUT2D eigenvalue weighted by atomic mass is 9.77. The van der Waals surface area contributed by atoms with E-state index in [4.69, 9.17) is 14.2 Å². The zero-order valence-corrected chi connectivity index (χ0v) is 14.1. The number of amides is 1. The van der Waals surface area contributed by atoms with E-state index in [-0.39, 0.29) is 24.1 Å². The summed E-state index contributed by atoms with van der Waals surface area (Å²) in [5.74, 6) is -1.23. The number of hydrogen-bond donors (Lipinski definition) is 0. The number of rotatable bonds is 6. The molecule has 2 bridgehead atoms. The molecule has 24 heavy (non-hydrogen) atoms. The lowest BCUT2D eigenvalue weighted by Gasteiger charge is -2.23. The van der Waals surface area contributed by atoms with Crippen LogP contribution in [-0.4, -0.2) is 60.9 Å². The summed E-state index contributed by atoms with van der Waals surface area (Å²) >= 11 is 0. The van der Waals surface area contributed by atoms with Crippen LogP contribution < -0.4 is 0 Å². The van der Waals surface area contributed by atoms with Gasteiger partial charge < -0.3 is 19.1 Å². The van der Waals surface area contributed by atoms with E-state index < -0.39 is 17.4 Å². The SMILES string of the molecule is CCCCOC(=O)[C@H]1[C@H]2C(=O)N(C[C@@H]3CCCO3)C[C@]23C=C[C@H]1O3. The van der Waals surface area contributed by atoms with Gasteiger partial charge in [-0.25, -0.2) is 0 Å². The molecule has 3 fully saturated rings. The minimum Gasteiger partial charge on any atom is -0.465 e. The molecule has 5 atom stereocenters. The van der Waals surface area contributed by atoms with Gasteiger partial charge in [0.25, 0.3) is 0 Å². The smallest absolute Gasteiger partial charge is 0.312 e. The highest BCUT2D eigenvalue weighted by Gasteiger charge is 2.67. The Hall–Kier alpha value is -1.40. The van der Waals surface area contributed by atoms with E-state index in [1.807, 2.05) is 17.1 Å². The van der Waals surface area contributed by atoms with Gasteiger partial charge in [-0.2, -0.15) is 0 Å². The highest BCUT2D eigenvalue weighted by molar-refractivity contribution is 5.91. The van der Waals surface area contributed by atoms with Gasteiger partial charge in [0.2, 0.25) is 5.91 Å². The van der Waals surface area contributed by atoms with Gasteiger partial charge >= 0.3 is 5.97 Å². The van der Waals surface area contributed by atoms with Crippen molar-refractivity contribution in [2.24, 2.45) is 11.8 Å². The Labute approximate surface area is 142 Å². The normalized spacial score (nSPS) is 39.7. The number of fused-ring (bicyclic) bond motifs is 1. The summed E-state index contributed by atoms with van der Waals surface area (Å²) in [6, 6.07) is 0. The summed E-state index contributed by atoms with van der Waals surface area (Å²) < 4.78 is 17.1. The van der Waals surface area contributed by atoms with Gasteiger partial charge in [0.05, 0.1) is 31.3 Å². The van der Waals surface area contributed by atoms with Crippen LogP contribution in [0.2, 0.25) is 0 Å². The molecule has 4 heterocycles. The highest BCUT2D eigenvalue weighted by Crippen LogP contribution is 2.52. The maximum Gasteiger partial charge on any atom is 0.312 e. The van der Waals surface area contributed by atoms with Crippen molar-refractivity contribution in [2.45, 2.75) is 50.4 Å². The topological polar surface area (TPSA) is 65.1 Å². The number of carbonyl (C=O) groups is 2. The summed E-state index contributed by atoms with van der Waals surface area (Å²) in [5.41, 5.74) is -0.644. The Morgan fingerprint density at radius 1 is 1.50 bits per heavy atom. The van der Waals surface area contributed by atoms with Crippen LogP contribution in [0.5, 0.6) is 0 Å². The molecule has 132 valence electrons. The number of nitrogens with zero attached hydrogens (tertiary/aromatic N) is 1. The summed E-state index contributed by atoms with van der Waals surface area (Å²) in [6.45, 7) is 4.34. The predicted molar refractivity (Wildman–Crippen MR) is 85.1 cm³/mol. The quantitative estimate of drug-likeness (QED) is 0.416. The second-order valence-electron chi connectivity index (χ2n) is 7.27. The number of ether oxygens (including phenoxy) is 3. The third-order valence-corrected chi connectivity index (χ3v) is 5.64. The van der Waals surface area contributed by atoms with E-state index in [9.17, 15) is 9.59 Å². The number of likely N-dealkylation sites (tertiary alicyclic amines) is 1. The van der Waals surface area contributed by atoms with Crippen LogP contribution in [0, 0.1) is 11.8 Å². The summed E-state index contributed by atoms with van der Waals surface area (Å²) in [6.07, 6.45) is 7.54. The molecule has 0 aromatic carbocycles. The maximum absolute atomic E-state index is 13.0. The van der Waals surface area contributed by atoms with Gasteiger partial charge in [0.1, 0.15) is 11.5 Å². The first-order chi connectivity index (χ1) is 11.6. The van der Waals surface area contributed by atoms with Gasteiger partial charge in [0.15, 0.2) is 0 Å². The third-order valence-electron chi connectivity index (χ3n) is 5.64. The molecular formula is C18H25NO5. The van der Waals surface area contributed by atoms with Gasteiger partial charge in [0, 0.05) is 13.2 Å². The average Bonchev–Trinajstić information content (AvgIpc) is 3.31. The summed E-state index contributed by atoms with van der Waals surface area (Å²) in [4.78, 5) is 27.3. The van der Waals surface area contributed by atoms with E-state index >= 15 is 0 Å². The highest BCUT2D eigenvalue weighted by atomic mass is 16.6. The molecule has 4 aliphatic heterocycles. The Kier molecular flexibility index (Phi) is 4.12. The zero-order chi connectivity index (χ0) is 16.7. The lowest BCUT2D eigenvalue weighted by molar-refractivity contribution is -0.154. The van der Waals surface area contributed by atoms with Crippen molar-refractivity contribution in [3.05, 3.63) is 12.2 Å². The van der Waals surface area contributed by atoms with Crippen molar-refractivity contribution >= 4 is 11.9 Å². The van der Waals surface area contributed by atoms with E-state index in [0.29, 0.717) is 19.7 Å². The molecule has 3 saturated heterocycles. The van der Waals surface area contributed by atoms with Gasteiger partial charge in [-0.05, 0) is 19.3 Å². The van der Waals surface area contributed by atoms with Crippen molar-refractivity contribution in [1.29, 1.82) is 0 Å².